The molecule has 1 N–H and O–H groups in total. The molecule has 2 aliphatic rings. The summed E-state index contributed by atoms with van der Waals surface area (Å²) in [6, 6.07) is 6.30. The van der Waals surface area contributed by atoms with Crippen LogP contribution in [0.25, 0.3) is 0 Å². The number of likely N-dealkylation sites (tertiary alicyclic amines) is 1. The lowest BCUT2D eigenvalue weighted by molar-refractivity contribution is 0.242. The minimum Gasteiger partial charge on any atom is -0.309 e. The van der Waals surface area contributed by atoms with Gasteiger partial charge in [0.1, 0.15) is 0 Å². The smallest absolute Gasteiger partial charge is 0.0330 e. The zero-order chi connectivity index (χ0) is 12.4. The zero-order valence-electron chi connectivity index (χ0n) is 11.3. The van der Waals surface area contributed by atoms with Crippen LogP contribution < -0.4 is 5.32 Å². The maximum Gasteiger partial charge on any atom is 0.0330 e. The van der Waals surface area contributed by atoms with E-state index in [2.05, 4.69) is 29.3 Å². The summed E-state index contributed by atoms with van der Waals surface area (Å²) in [6.07, 6.45) is 6.85. The molecule has 1 saturated heterocycles. The van der Waals surface area contributed by atoms with Crippen molar-refractivity contribution in [3.8, 4) is 0 Å². The Bertz CT molecular complexity index is 384. The highest BCUT2D eigenvalue weighted by Gasteiger charge is 2.23. The molecule has 1 aromatic heterocycles. The van der Waals surface area contributed by atoms with Gasteiger partial charge in [0, 0.05) is 34.9 Å². The molecule has 1 aromatic rings. The van der Waals surface area contributed by atoms with Gasteiger partial charge < -0.3 is 5.32 Å². The van der Waals surface area contributed by atoms with Crippen LogP contribution in [-0.2, 0) is 13.1 Å². The minimum atomic E-state index is 0.818. The van der Waals surface area contributed by atoms with E-state index < -0.39 is 0 Å². The van der Waals surface area contributed by atoms with Gasteiger partial charge in [0.05, 0.1) is 0 Å². The van der Waals surface area contributed by atoms with Crippen LogP contribution in [0.4, 0.5) is 0 Å². The van der Waals surface area contributed by atoms with Crippen LogP contribution in [0.2, 0.25) is 0 Å². The van der Waals surface area contributed by atoms with Gasteiger partial charge in [-0.2, -0.15) is 0 Å². The summed E-state index contributed by atoms with van der Waals surface area (Å²) in [6.45, 7) is 5.87. The van der Waals surface area contributed by atoms with Gasteiger partial charge in [-0.15, -0.1) is 11.3 Å². The number of thiophene rings is 1. The van der Waals surface area contributed by atoms with E-state index in [4.69, 9.17) is 0 Å². The van der Waals surface area contributed by atoms with Gasteiger partial charge in [-0.3, -0.25) is 4.90 Å². The topological polar surface area (TPSA) is 15.3 Å². The highest BCUT2D eigenvalue weighted by molar-refractivity contribution is 7.11. The summed E-state index contributed by atoms with van der Waals surface area (Å²) in [5.74, 6) is 0. The molecule has 1 saturated carbocycles. The predicted octanol–water partition coefficient (Wildman–Crippen LogP) is 3.37. The summed E-state index contributed by atoms with van der Waals surface area (Å²) in [7, 11) is 0. The summed E-state index contributed by atoms with van der Waals surface area (Å²) in [5, 5.41) is 3.60. The largest absolute Gasteiger partial charge is 0.309 e. The number of hydrogen-bond acceptors (Lipinski definition) is 3. The lowest BCUT2D eigenvalue weighted by atomic mass is 10.2. The Morgan fingerprint density at radius 1 is 1.28 bits per heavy atom. The molecule has 0 amide bonds. The lowest BCUT2D eigenvalue weighted by Crippen LogP contribution is -2.27. The van der Waals surface area contributed by atoms with Gasteiger partial charge in [-0.25, -0.2) is 0 Å². The zero-order valence-corrected chi connectivity index (χ0v) is 12.1. The van der Waals surface area contributed by atoms with Crippen LogP contribution in [0.1, 0.15) is 48.8 Å². The van der Waals surface area contributed by atoms with Crippen molar-refractivity contribution in [1.82, 2.24) is 10.2 Å². The highest BCUT2D eigenvalue weighted by Crippen LogP contribution is 2.26. The van der Waals surface area contributed by atoms with Crippen molar-refractivity contribution in [2.75, 3.05) is 6.54 Å². The van der Waals surface area contributed by atoms with E-state index in [1.165, 1.54) is 50.1 Å². The Hall–Kier alpha value is -0.380. The van der Waals surface area contributed by atoms with E-state index in [0.29, 0.717) is 0 Å². The molecule has 1 atom stereocenters. The van der Waals surface area contributed by atoms with Gasteiger partial charge in [0.15, 0.2) is 0 Å². The highest BCUT2D eigenvalue weighted by atomic mass is 32.1. The Morgan fingerprint density at radius 2 is 2.11 bits per heavy atom. The fourth-order valence-corrected chi connectivity index (χ4v) is 3.90. The fraction of sp³-hybridized carbons (Fsp3) is 0.733. The molecule has 1 unspecified atom stereocenters. The number of hydrogen-bond donors (Lipinski definition) is 1. The molecule has 2 heterocycles. The third-order valence-electron chi connectivity index (χ3n) is 4.19. The number of rotatable bonds is 6. The summed E-state index contributed by atoms with van der Waals surface area (Å²) < 4.78 is 0. The van der Waals surface area contributed by atoms with Crippen molar-refractivity contribution in [2.45, 2.75) is 64.2 Å². The van der Waals surface area contributed by atoms with Crippen molar-refractivity contribution < 1.29 is 0 Å². The SMILES string of the molecule is CCC1CCCN1Cc1ccc(CNC2CC2)s1. The van der Waals surface area contributed by atoms with Crippen LogP contribution >= 0.6 is 11.3 Å². The van der Waals surface area contributed by atoms with Gasteiger partial charge in [-0.1, -0.05) is 6.92 Å². The standard InChI is InChI=1S/C15H24N2S/c1-2-13-4-3-9-17(13)11-15-8-7-14(18-15)10-16-12-5-6-12/h7-8,12-13,16H,2-6,9-11H2,1H3. The Kier molecular flexibility index (Phi) is 4.02. The fourth-order valence-electron chi connectivity index (χ4n) is 2.90. The van der Waals surface area contributed by atoms with Crippen LogP contribution in [0.5, 0.6) is 0 Å². The van der Waals surface area contributed by atoms with Crippen molar-refractivity contribution in [1.29, 1.82) is 0 Å². The molecule has 3 rings (SSSR count). The van der Waals surface area contributed by atoms with E-state index in [1.54, 1.807) is 4.88 Å². The van der Waals surface area contributed by atoms with Crippen LogP contribution in [0.3, 0.4) is 0 Å². The molecule has 0 aromatic carbocycles. The van der Waals surface area contributed by atoms with Gasteiger partial charge in [-0.05, 0) is 50.8 Å². The average molecular weight is 264 g/mol. The molecule has 1 aliphatic carbocycles. The lowest BCUT2D eigenvalue weighted by Gasteiger charge is -2.22. The van der Waals surface area contributed by atoms with Crippen molar-refractivity contribution in [3.63, 3.8) is 0 Å². The molecule has 3 heteroatoms. The first-order valence-corrected chi connectivity index (χ1v) is 8.22. The molecule has 0 spiro atoms. The van der Waals surface area contributed by atoms with Crippen molar-refractivity contribution >= 4 is 11.3 Å². The maximum atomic E-state index is 3.60. The van der Waals surface area contributed by atoms with E-state index in [0.717, 1.165) is 18.6 Å². The third kappa shape index (κ3) is 3.14. The molecule has 100 valence electrons. The van der Waals surface area contributed by atoms with Crippen LogP contribution in [0.15, 0.2) is 12.1 Å². The van der Waals surface area contributed by atoms with Crippen LogP contribution in [0, 0.1) is 0 Å². The predicted molar refractivity (Wildman–Crippen MR) is 77.9 cm³/mol. The molecule has 0 radical (unpaired) electrons. The molecule has 2 fully saturated rings. The van der Waals surface area contributed by atoms with E-state index in [9.17, 15) is 0 Å². The van der Waals surface area contributed by atoms with Crippen molar-refractivity contribution in [2.24, 2.45) is 0 Å². The van der Waals surface area contributed by atoms with E-state index in [1.807, 2.05) is 11.3 Å². The normalized spacial score (nSPS) is 24.8. The van der Waals surface area contributed by atoms with Gasteiger partial charge >= 0.3 is 0 Å². The third-order valence-corrected chi connectivity index (χ3v) is 5.26. The molecule has 0 bridgehead atoms. The van der Waals surface area contributed by atoms with Gasteiger partial charge in [0.2, 0.25) is 0 Å². The molecule has 18 heavy (non-hydrogen) atoms. The van der Waals surface area contributed by atoms with E-state index >= 15 is 0 Å². The first kappa shape index (κ1) is 12.6. The maximum absolute atomic E-state index is 3.60. The molecular weight excluding hydrogens is 240 g/mol. The second-order valence-electron chi connectivity index (χ2n) is 5.70. The number of nitrogens with one attached hydrogen (secondary N) is 1. The van der Waals surface area contributed by atoms with E-state index in [-0.39, 0.29) is 0 Å². The van der Waals surface area contributed by atoms with Crippen molar-refractivity contribution in [3.05, 3.63) is 21.9 Å². The minimum absolute atomic E-state index is 0.818. The summed E-state index contributed by atoms with van der Waals surface area (Å²) in [4.78, 5) is 5.72. The molecule has 2 nitrogen and oxygen atoms in total. The Labute approximate surface area is 114 Å². The molecule has 1 aliphatic heterocycles. The van der Waals surface area contributed by atoms with Crippen LogP contribution in [-0.4, -0.2) is 23.5 Å². The first-order valence-electron chi connectivity index (χ1n) is 7.40. The monoisotopic (exact) mass is 264 g/mol. The van der Waals surface area contributed by atoms with Gasteiger partial charge in [0.25, 0.3) is 0 Å². The number of nitrogens with zero attached hydrogens (tertiary/aromatic N) is 1. The Morgan fingerprint density at radius 3 is 2.89 bits per heavy atom. The Balaban J connectivity index is 1.52. The average Bonchev–Trinajstić information content (AvgIpc) is 2.93. The quantitative estimate of drug-likeness (QED) is 0.847. The first-order chi connectivity index (χ1) is 8.85. The second-order valence-corrected chi connectivity index (χ2v) is 6.95. The summed E-state index contributed by atoms with van der Waals surface area (Å²) in [5.41, 5.74) is 0. The second kappa shape index (κ2) is 5.72. The summed E-state index contributed by atoms with van der Waals surface area (Å²) >= 11 is 2.00. The molecular formula is C15H24N2S.